The third kappa shape index (κ3) is 1.22. The zero-order valence-corrected chi connectivity index (χ0v) is 5.59. The van der Waals surface area contributed by atoms with Gasteiger partial charge in [-0.3, -0.25) is 0 Å². The Kier molecular flexibility index (Phi) is 1.73. The van der Waals surface area contributed by atoms with E-state index < -0.39 is 0 Å². The van der Waals surface area contributed by atoms with E-state index in [0.717, 1.165) is 12.1 Å². The predicted octanol–water partition coefficient (Wildman–Crippen LogP) is 2.08. The van der Waals surface area contributed by atoms with E-state index in [9.17, 15) is 0 Å². The minimum atomic E-state index is 0. The Bertz CT molecular complexity index is 198. The number of para-hydroxylation sites is 1. The highest BCUT2D eigenvalue weighted by Gasteiger charge is 1.90. The summed E-state index contributed by atoms with van der Waals surface area (Å²) in [6.07, 6.45) is 1.02. The summed E-state index contributed by atoms with van der Waals surface area (Å²) < 4.78 is 0. The molecule has 9 heavy (non-hydrogen) atoms. The van der Waals surface area contributed by atoms with Gasteiger partial charge in [-0.25, -0.2) is 0 Å². The van der Waals surface area contributed by atoms with Gasteiger partial charge in [0.2, 0.25) is 0 Å². The van der Waals surface area contributed by atoms with Crippen molar-refractivity contribution in [3.8, 4) is 0 Å². The molecule has 2 N–H and O–H groups in total. The Balaban J connectivity index is 0.000000810. The maximum Gasteiger partial charge on any atom is 0.0346 e. The molecule has 1 rings (SSSR count). The van der Waals surface area contributed by atoms with Gasteiger partial charge in [0.25, 0.3) is 0 Å². The van der Waals surface area contributed by atoms with E-state index in [1.165, 1.54) is 5.56 Å². The van der Waals surface area contributed by atoms with Crippen LogP contribution in [0.25, 0.3) is 0 Å². The molecule has 0 bridgehead atoms. The average molecular weight is 123 g/mol. The molecule has 50 valence electrons. The number of aryl methyl sites for hydroxylation is 1. The molecule has 0 unspecified atom stereocenters. The van der Waals surface area contributed by atoms with Crippen molar-refractivity contribution in [3.05, 3.63) is 29.8 Å². The van der Waals surface area contributed by atoms with Crippen LogP contribution in [0.3, 0.4) is 0 Å². The van der Waals surface area contributed by atoms with Crippen LogP contribution in [0.1, 0.15) is 13.9 Å². The second-order valence-corrected chi connectivity index (χ2v) is 2.05. The Morgan fingerprint density at radius 3 is 2.56 bits per heavy atom. The molecule has 0 fully saturated rings. The molecule has 0 spiro atoms. The highest BCUT2D eigenvalue weighted by atomic mass is 14.5. The highest BCUT2D eigenvalue weighted by molar-refractivity contribution is 5.46. The van der Waals surface area contributed by atoms with E-state index in [4.69, 9.17) is 5.73 Å². The molecule has 1 aromatic carbocycles. The van der Waals surface area contributed by atoms with Crippen LogP contribution >= 0.6 is 0 Å². The molecule has 1 heteroatoms. The Morgan fingerprint density at radius 1 is 1.44 bits per heavy atom. The van der Waals surface area contributed by atoms with Gasteiger partial charge in [0.1, 0.15) is 0 Å². The Hall–Kier alpha value is -0.980. The van der Waals surface area contributed by atoms with Crippen LogP contribution in [0.5, 0.6) is 0 Å². The number of hydrogen-bond donors (Lipinski definition) is 1. The summed E-state index contributed by atoms with van der Waals surface area (Å²) in [5.74, 6) is 0. The summed E-state index contributed by atoms with van der Waals surface area (Å²) in [6.45, 7) is 2.10. The second-order valence-electron chi connectivity index (χ2n) is 2.05. The summed E-state index contributed by atoms with van der Waals surface area (Å²) in [7, 11) is 0. The SMILES string of the molecule is CCc1ccccc1N.[HH]. The molecule has 1 nitrogen and oxygen atoms in total. The van der Waals surface area contributed by atoms with Crippen LogP contribution < -0.4 is 5.73 Å². The molecule has 0 heterocycles. The van der Waals surface area contributed by atoms with E-state index >= 15 is 0 Å². The minimum absolute atomic E-state index is 0. The van der Waals surface area contributed by atoms with Gasteiger partial charge in [-0.15, -0.1) is 0 Å². The van der Waals surface area contributed by atoms with Gasteiger partial charge in [-0.05, 0) is 18.1 Å². The lowest BCUT2D eigenvalue weighted by atomic mass is 10.1. The minimum Gasteiger partial charge on any atom is -0.399 e. The maximum absolute atomic E-state index is 5.63. The van der Waals surface area contributed by atoms with Crippen LogP contribution in [0, 0.1) is 0 Å². The summed E-state index contributed by atoms with van der Waals surface area (Å²) >= 11 is 0. The monoisotopic (exact) mass is 123 g/mol. The number of nitrogen functional groups attached to an aromatic ring is 1. The number of nitrogens with two attached hydrogens (primary N) is 1. The van der Waals surface area contributed by atoms with Crippen LogP contribution in [0.2, 0.25) is 0 Å². The molecule has 1 aromatic rings. The molecule has 0 amide bonds. The lowest BCUT2D eigenvalue weighted by Gasteiger charge is -1.98. The van der Waals surface area contributed by atoms with E-state index in [1.807, 2.05) is 18.2 Å². The standard InChI is InChI=1S/C8H11N.H2/c1-2-7-5-3-4-6-8(7)9;/h3-6H,2,9H2,1H3;1H. The first-order chi connectivity index (χ1) is 4.34. The third-order valence-corrected chi connectivity index (χ3v) is 1.44. The summed E-state index contributed by atoms with van der Waals surface area (Å²) in [4.78, 5) is 0. The molecular formula is C8H13N. The second kappa shape index (κ2) is 2.53. The Labute approximate surface area is 57.0 Å². The average Bonchev–Trinajstić information content (AvgIpc) is 1.89. The topological polar surface area (TPSA) is 26.0 Å². The molecule has 0 aliphatic carbocycles. The van der Waals surface area contributed by atoms with E-state index in [0.29, 0.717) is 0 Å². The lowest BCUT2D eigenvalue weighted by Crippen LogP contribution is -1.90. The summed E-state index contributed by atoms with van der Waals surface area (Å²) in [5, 5.41) is 0. The number of hydrogen-bond acceptors (Lipinski definition) is 1. The molecular weight excluding hydrogens is 110 g/mol. The van der Waals surface area contributed by atoms with Gasteiger partial charge >= 0.3 is 0 Å². The molecule has 0 aliphatic rings. The molecule has 0 saturated carbocycles. The van der Waals surface area contributed by atoms with Gasteiger partial charge in [0, 0.05) is 7.11 Å². The van der Waals surface area contributed by atoms with Crippen molar-refractivity contribution in [2.24, 2.45) is 0 Å². The first kappa shape index (κ1) is 6.14. The number of benzene rings is 1. The van der Waals surface area contributed by atoms with Gasteiger partial charge in [-0.2, -0.15) is 0 Å². The summed E-state index contributed by atoms with van der Waals surface area (Å²) in [6, 6.07) is 7.94. The number of rotatable bonds is 1. The quantitative estimate of drug-likeness (QED) is 0.568. The number of anilines is 1. The maximum atomic E-state index is 5.63. The molecule has 0 saturated heterocycles. The molecule has 0 atom stereocenters. The van der Waals surface area contributed by atoms with Crippen molar-refractivity contribution < 1.29 is 1.43 Å². The van der Waals surface area contributed by atoms with Gasteiger partial charge in [-0.1, -0.05) is 25.1 Å². The smallest absolute Gasteiger partial charge is 0.0346 e. The van der Waals surface area contributed by atoms with E-state index in [1.54, 1.807) is 0 Å². The largest absolute Gasteiger partial charge is 0.399 e. The van der Waals surface area contributed by atoms with Crippen molar-refractivity contribution in [3.63, 3.8) is 0 Å². The third-order valence-electron chi connectivity index (χ3n) is 1.44. The van der Waals surface area contributed by atoms with Crippen molar-refractivity contribution >= 4 is 5.69 Å². The first-order valence-electron chi connectivity index (χ1n) is 3.18. The van der Waals surface area contributed by atoms with E-state index in [-0.39, 0.29) is 1.43 Å². The van der Waals surface area contributed by atoms with Gasteiger partial charge in [0.15, 0.2) is 0 Å². The predicted molar refractivity (Wildman–Crippen MR) is 42.3 cm³/mol. The van der Waals surface area contributed by atoms with Crippen molar-refractivity contribution in [2.75, 3.05) is 5.73 Å². The van der Waals surface area contributed by atoms with Gasteiger partial charge < -0.3 is 5.73 Å². The first-order valence-corrected chi connectivity index (χ1v) is 3.18. The Morgan fingerprint density at radius 2 is 2.11 bits per heavy atom. The fourth-order valence-corrected chi connectivity index (χ4v) is 0.856. The zero-order chi connectivity index (χ0) is 6.69. The van der Waals surface area contributed by atoms with Gasteiger partial charge in [0.05, 0.1) is 0 Å². The van der Waals surface area contributed by atoms with Crippen molar-refractivity contribution in [2.45, 2.75) is 13.3 Å². The summed E-state index contributed by atoms with van der Waals surface area (Å²) in [5.41, 5.74) is 7.77. The van der Waals surface area contributed by atoms with Crippen LogP contribution in [0.4, 0.5) is 5.69 Å². The van der Waals surface area contributed by atoms with E-state index in [2.05, 4.69) is 13.0 Å². The normalized spacial score (nSPS) is 9.44. The van der Waals surface area contributed by atoms with Crippen molar-refractivity contribution in [1.82, 2.24) is 0 Å². The molecule has 0 aliphatic heterocycles. The molecule has 0 radical (unpaired) electrons. The van der Waals surface area contributed by atoms with Crippen LogP contribution in [-0.2, 0) is 6.42 Å². The fourth-order valence-electron chi connectivity index (χ4n) is 0.856. The fraction of sp³-hybridized carbons (Fsp3) is 0.250. The van der Waals surface area contributed by atoms with Crippen LogP contribution in [0.15, 0.2) is 24.3 Å². The van der Waals surface area contributed by atoms with Crippen LogP contribution in [-0.4, -0.2) is 0 Å². The molecule has 0 aromatic heterocycles. The lowest BCUT2D eigenvalue weighted by molar-refractivity contribution is 1.14. The zero-order valence-electron chi connectivity index (χ0n) is 5.59. The highest BCUT2D eigenvalue weighted by Crippen LogP contribution is 2.09. The van der Waals surface area contributed by atoms with Crippen molar-refractivity contribution in [1.29, 1.82) is 0 Å².